The lowest BCUT2D eigenvalue weighted by Crippen LogP contribution is -2.49. The number of ether oxygens (including phenoxy) is 1. The van der Waals surface area contributed by atoms with E-state index < -0.39 is 46.4 Å². The Morgan fingerprint density at radius 2 is 1.83 bits per heavy atom. The first-order valence-electron chi connectivity index (χ1n) is 13.8. The fourth-order valence-corrected chi connectivity index (χ4v) is 6.04. The van der Waals surface area contributed by atoms with Crippen LogP contribution in [0.25, 0.3) is 0 Å². The highest BCUT2D eigenvalue weighted by molar-refractivity contribution is 7.81. The molecule has 0 spiro atoms. The van der Waals surface area contributed by atoms with E-state index in [-0.39, 0.29) is 18.1 Å². The van der Waals surface area contributed by atoms with Gasteiger partial charge in [-0.2, -0.15) is 17.4 Å². The number of ketones is 1. The molecular formula is C31H33F3N2O5S. The van der Waals surface area contributed by atoms with E-state index in [1.807, 2.05) is 44.2 Å². The molecule has 0 aliphatic carbocycles. The van der Waals surface area contributed by atoms with E-state index in [0.29, 0.717) is 43.1 Å². The maximum Gasteiger partial charge on any atom is 0.417 e. The maximum absolute atomic E-state index is 13.6. The third kappa shape index (κ3) is 7.76. The van der Waals surface area contributed by atoms with Crippen LogP contribution < -0.4 is 8.91 Å². The predicted molar refractivity (Wildman–Crippen MR) is 153 cm³/mol. The first kappa shape index (κ1) is 31.2. The van der Waals surface area contributed by atoms with Gasteiger partial charge in [-0.05, 0) is 55.0 Å². The SMILES string of the molecule is CCC[C@]1(CCc2ccccc2)CC(=O)C([C@@H](CC)c2cccc(NS(=O)Oc3ccc(C(F)(F)F)cn3)c2)C(=O)O1. The second-order valence-corrected chi connectivity index (χ2v) is 11.2. The van der Waals surface area contributed by atoms with Crippen LogP contribution in [0.5, 0.6) is 5.88 Å². The Kier molecular flexibility index (Phi) is 10.0. The summed E-state index contributed by atoms with van der Waals surface area (Å²) in [6.07, 6.45) is -0.707. The molecule has 2 aromatic carbocycles. The number of esters is 1. The van der Waals surface area contributed by atoms with Crippen molar-refractivity contribution in [1.82, 2.24) is 4.98 Å². The number of carbonyl (C=O) groups is 2. The number of benzene rings is 2. The summed E-state index contributed by atoms with van der Waals surface area (Å²) in [6.45, 7) is 3.88. The molecule has 1 aromatic heterocycles. The largest absolute Gasteiger partial charge is 0.458 e. The van der Waals surface area contributed by atoms with Crippen LogP contribution in [-0.2, 0) is 38.2 Å². The topological polar surface area (TPSA) is 94.6 Å². The number of rotatable bonds is 12. The lowest BCUT2D eigenvalue weighted by atomic mass is 9.74. The van der Waals surface area contributed by atoms with E-state index in [1.165, 1.54) is 0 Å². The Bertz CT molecular complexity index is 1380. The van der Waals surface area contributed by atoms with Crippen molar-refractivity contribution in [2.45, 2.75) is 70.1 Å². The summed E-state index contributed by atoms with van der Waals surface area (Å²) >= 11 is -2.18. The van der Waals surface area contributed by atoms with Gasteiger partial charge >= 0.3 is 23.4 Å². The number of alkyl halides is 3. The molecule has 1 N–H and O–H groups in total. The van der Waals surface area contributed by atoms with Crippen LogP contribution in [0.3, 0.4) is 0 Å². The number of halogens is 3. The maximum atomic E-state index is 13.6. The molecule has 7 nitrogen and oxygen atoms in total. The smallest absolute Gasteiger partial charge is 0.417 e. The monoisotopic (exact) mass is 602 g/mol. The fourth-order valence-electron chi connectivity index (χ4n) is 5.43. The number of pyridine rings is 1. The minimum Gasteiger partial charge on any atom is -0.458 e. The van der Waals surface area contributed by atoms with Gasteiger partial charge in [0.25, 0.3) is 0 Å². The number of nitrogens with zero attached hydrogens (tertiary/aromatic N) is 1. The lowest BCUT2D eigenvalue weighted by molar-refractivity contribution is -0.180. The van der Waals surface area contributed by atoms with Gasteiger partial charge in [0.2, 0.25) is 5.88 Å². The number of hydrogen-bond donors (Lipinski definition) is 1. The molecular weight excluding hydrogens is 569 g/mol. The van der Waals surface area contributed by atoms with E-state index in [2.05, 4.69) is 9.71 Å². The average molecular weight is 603 g/mol. The van der Waals surface area contributed by atoms with Crippen LogP contribution in [0.2, 0.25) is 0 Å². The molecule has 1 aliphatic heterocycles. The molecule has 11 heteroatoms. The molecule has 0 saturated carbocycles. The van der Waals surface area contributed by atoms with Crippen LogP contribution in [0.4, 0.5) is 18.9 Å². The Morgan fingerprint density at radius 3 is 2.45 bits per heavy atom. The highest BCUT2D eigenvalue weighted by Gasteiger charge is 2.48. The van der Waals surface area contributed by atoms with Gasteiger partial charge in [0.05, 0.1) is 5.56 Å². The number of cyclic esters (lactones) is 1. The van der Waals surface area contributed by atoms with Crippen molar-refractivity contribution in [3.8, 4) is 5.88 Å². The van der Waals surface area contributed by atoms with E-state index in [0.717, 1.165) is 24.1 Å². The predicted octanol–water partition coefficient (Wildman–Crippen LogP) is 6.97. The zero-order valence-corrected chi connectivity index (χ0v) is 24.2. The van der Waals surface area contributed by atoms with E-state index >= 15 is 0 Å². The minimum atomic E-state index is -4.55. The van der Waals surface area contributed by atoms with Gasteiger partial charge in [-0.3, -0.25) is 14.3 Å². The summed E-state index contributed by atoms with van der Waals surface area (Å²) in [5.41, 5.74) is 0.374. The van der Waals surface area contributed by atoms with Gasteiger partial charge in [0.1, 0.15) is 11.5 Å². The van der Waals surface area contributed by atoms with Gasteiger partial charge < -0.3 is 8.92 Å². The lowest BCUT2D eigenvalue weighted by Gasteiger charge is -2.40. The third-order valence-corrected chi connectivity index (χ3v) is 8.14. The van der Waals surface area contributed by atoms with Crippen LogP contribution in [0.15, 0.2) is 72.9 Å². The number of aromatic nitrogens is 1. The Morgan fingerprint density at radius 1 is 1.07 bits per heavy atom. The summed E-state index contributed by atoms with van der Waals surface area (Å²) in [7, 11) is 0. The number of anilines is 1. The molecule has 42 heavy (non-hydrogen) atoms. The van der Waals surface area contributed by atoms with E-state index in [9.17, 15) is 27.0 Å². The quantitative estimate of drug-likeness (QED) is 0.178. The second-order valence-electron chi connectivity index (χ2n) is 10.4. The van der Waals surface area contributed by atoms with Crippen molar-refractivity contribution in [1.29, 1.82) is 0 Å². The van der Waals surface area contributed by atoms with E-state index in [4.69, 9.17) is 8.92 Å². The molecule has 1 aliphatic rings. The Balaban J connectivity index is 1.44. The number of hydrogen-bond acceptors (Lipinski definition) is 6. The third-order valence-electron chi connectivity index (χ3n) is 7.41. The molecule has 1 saturated heterocycles. The molecule has 3 aromatic rings. The second kappa shape index (κ2) is 13.5. The fraction of sp³-hybridized carbons (Fsp3) is 0.387. The Labute approximate surface area is 245 Å². The van der Waals surface area contributed by atoms with Crippen molar-refractivity contribution < 1.29 is 35.9 Å². The summed E-state index contributed by atoms with van der Waals surface area (Å²) in [4.78, 5) is 30.6. The molecule has 0 radical (unpaired) electrons. The van der Waals surface area contributed by atoms with Crippen molar-refractivity contribution in [2.75, 3.05) is 4.72 Å². The molecule has 4 rings (SSSR count). The number of carbonyl (C=O) groups excluding carboxylic acids is 2. The average Bonchev–Trinajstić information content (AvgIpc) is 2.94. The molecule has 4 atom stereocenters. The number of aryl methyl sites for hydroxylation is 1. The number of nitrogens with one attached hydrogen (secondary N) is 1. The van der Waals surface area contributed by atoms with Gasteiger partial charge in [-0.15, -0.1) is 0 Å². The van der Waals surface area contributed by atoms with Gasteiger partial charge in [-0.1, -0.05) is 62.7 Å². The van der Waals surface area contributed by atoms with Crippen LogP contribution in [-0.4, -0.2) is 26.5 Å². The highest BCUT2D eigenvalue weighted by Crippen LogP contribution is 2.41. The summed E-state index contributed by atoms with van der Waals surface area (Å²) in [6, 6.07) is 18.4. The molecule has 224 valence electrons. The first-order chi connectivity index (χ1) is 20.0. The van der Waals surface area contributed by atoms with Gasteiger partial charge in [0, 0.05) is 30.3 Å². The summed E-state index contributed by atoms with van der Waals surface area (Å²) < 4.78 is 64.6. The normalized spacial score (nSPS) is 20.5. The zero-order chi connectivity index (χ0) is 30.3. The molecule has 1 fully saturated rings. The molecule has 0 amide bonds. The standard InChI is InChI=1S/C31H33F3N2O5S/c1-3-16-30(17-15-21-9-6-5-7-10-21)19-26(37)28(29(38)40-30)25(4-2)22-11-8-12-24(18-22)36-42(39)41-27-14-13-23(20-35-27)31(32,33)34/h5-14,18,20,25,28,36H,3-4,15-17,19H2,1-2H3/t25-,28?,30-,42?/m0/s1. The molecule has 2 heterocycles. The van der Waals surface area contributed by atoms with Crippen molar-refractivity contribution in [2.24, 2.45) is 5.92 Å². The number of Topliss-reactive ketones (excluding diaryl/α,β-unsaturated/α-hetero) is 1. The van der Waals surface area contributed by atoms with Crippen LogP contribution >= 0.6 is 0 Å². The molecule has 2 unspecified atom stereocenters. The summed E-state index contributed by atoms with van der Waals surface area (Å²) in [5, 5.41) is 0. The zero-order valence-electron chi connectivity index (χ0n) is 23.4. The Hall–Kier alpha value is -3.73. The van der Waals surface area contributed by atoms with Crippen molar-refractivity contribution in [3.63, 3.8) is 0 Å². The molecule has 0 bridgehead atoms. The van der Waals surface area contributed by atoms with Gasteiger partial charge in [0.15, 0.2) is 5.78 Å². The van der Waals surface area contributed by atoms with Gasteiger partial charge in [-0.25, -0.2) is 4.98 Å². The van der Waals surface area contributed by atoms with Crippen molar-refractivity contribution >= 4 is 28.7 Å². The van der Waals surface area contributed by atoms with Crippen molar-refractivity contribution in [3.05, 3.63) is 89.6 Å². The minimum absolute atomic E-state index is 0.149. The van der Waals surface area contributed by atoms with Crippen LogP contribution in [0.1, 0.15) is 68.6 Å². The van der Waals surface area contributed by atoms with E-state index in [1.54, 1.807) is 24.3 Å². The first-order valence-corrected chi connectivity index (χ1v) is 14.9. The summed E-state index contributed by atoms with van der Waals surface area (Å²) in [5.74, 6) is -2.37. The van der Waals surface area contributed by atoms with Crippen LogP contribution in [0, 0.1) is 5.92 Å². The highest BCUT2D eigenvalue weighted by atomic mass is 32.2.